The van der Waals surface area contributed by atoms with Crippen molar-refractivity contribution in [3.8, 4) is 0 Å². The van der Waals surface area contributed by atoms with Gasteiger partial charge in [0.1, 0.15) is 11.9 Å². The molecule has 35 heavy (non-hydrogen) atoms. The number of anilines is 2. The van der Waals surface area contributed by atoms with Crippen molar-refractivity contribution in [3.63, 3.8) is 0 Å². The first kappa shape index (κ1) is 23.7. The van der Waals surface area contributed by atoms with E-state index in [1.807, 2.05) is 84.9 Å². The second-order valence-electron chi connectivity index (χ2n) is 8.13. The Balaban J connectivity index is 1.51. The maximum atomic E-state index is 14.0. The van der Waals surface area contributed by atoms with Gasteiger partial charge in [0.15, 0.2) is 0 Å². The predicted molar refractivity (Wildman–Crippen MR) is 137 cm³/mol. The van der Waals surface area contributed by atoms with E-state index in [1.165, 1.54) is 18.2 Å². The van der Waals surface area contributed by atoms with Crippen LogP contribution in [0.25, 0.3) is 0 Å². The molecule has 0 aliphatic heterocycles. The third-order valence-electron chi connectivity index (χ3n) is 5.54. The van der Waals surface area contributed by atoms with E-state index in [2.05, 4.69) is 16.0 Å². The predicted octanol–water partition coefficient (Wildman–Crippen LogP) is 5.79. The molecule has 4 aromatic rings. The van der Waals surface area contributed by atoms with Crippen molar-refractivity contribution in [2.75, 3.05) is 10.6 Å². The zero-order chi connectivity index (χ0) is 24.5. The molecule has 0 bridgehead atoms. The lowest BCUT2D eigenvalue weighted by Gasteiger charge is -2.20. The molecule has 3 N–H and O–H groups in total. The van der Waals surface area contributed by atoms with Crippen LogP contribution in [-0.4, -0.2) is 18.0 Å². The number of carbonyl (C=O) groups is 2. The van der Waals surface area contributed by atoms with Crippen LogP contribution >= 0.6 is 0 Å². The molecule has 176 valence electrons. The Kier molecular flexibility index (Phi) is 7.86. The quantitative estimate of drug-likeness (QED) is 0.307. The number of carbonyl (C=O) groups excluding carboxylic acids is 2. The van der Waals surface area contributed by atoms with Gasteiger partial charge < -0.3 is 16.0 Å². The van der Waals surface area contributed by atoms with Gasteiger partial charge in [-0.15, -0.1) is 0 Å². The van der Waals surface area contributed by atoms with Crippen LogP contribution in [0.4, 0.5) is 20.6 Å². The fourth-order valence-corrected chi connectivity index (χ4v) is 3.77. The fourth-order valence-electron chi connectivity index (χ4n) is 3.77. The third kappa shape index (κ3) is 6.77. The summed E-state index contributed by atoms with van der Waals surface area (Å²) >= 11 is 0. The molecule has 0 radical (unpaired) electrons. The molecule has 0 aliphatic carbocycles. The Morgan fingerprint density at radius 1 is 0.657 bits per heavy atom. The Bertz CT molecular complexity index is 1280. The first-order valence-electron chi connectivity index (χ1n) is 11.4. The van der Waals surface area contributed by atoms with Crippen LogP contribution < -0.4 is 16.0 Å². The summed E-state index contributed by atoms with van der Waals surface area (Å²) in [6.45, 7) is 0. The van der Waals surface area contributed by atoms with E-state index in [1.54, 1.807) is 6.07 Å². The van der Waals surface area contributed by atoms with Gasteiger partial charge in [-0.25, -0.2) is 9.18 Å². The van der Waals surface area contributed by atoms with Crippen LogP contribution in [0.2, 0.25) is 0 Å². The zero-order valence-corrected chi connectivity index (χ0v) is 19.1. The molecule has 4 aromatic carbocycles. The molecule has 3 amide bonds. The van der Waals surface area contributed by atoms with Gasteiger partial charge >= 0.3 is 6.03 Å². The number of rotatable bonds is 8. The average molecular weight is 468 g/mol. The number of hydrogen-bond acceptors (Lipinski definition) is 2. The molecule has 5 nitrogen and oxygen atoms in total. The minimum absolute atomic E-state index is 0.0390. The lowest BCUT2D eigenvalue weighted by Crippen LogP contribution is -2.47. The van der Waals surface area contributed by atoms with Gasteiger partial charge in [-0.1, -0.05) is 91.0 Å². The highest BCUT2D eigenvalue weighted by atomic mass is 19.1. The van der Waals surface area contributed by atoms with Crippen LogP contribution in [0.15, 0.2) is 109 Å². The Hall–Kier alpha value is -4.45. The van der Waals surface area contributed by atoms with Crippen molar-refractivity contribution < 1.29 is 14.0 Å². The van der Waals surface area contributed by atoms with Crippen LogP contribution in [0.1, 0.15) is 16.7 Å². The first-order valence-corrected chi connectivity index (χ1v) is 11.4. The molecule has 6 heteroatoms. The Labute approximate surface area is 204 Å². The fraction of sp³-hybridized carbons (Fsp3) is 0.103. The Morgan fingerprint density at radius 2 is 1.23 bits per heavy atom. The topological polar surface area (TPSA) is 70.2 Å². The molecule has 1 unspecified atom stereocenters. The molecule has 0 fully saturated rings. The van der Waals surface area contributed by atoms with Crippen molar-refractivity contribution >= 4 is 23.3 Å². The lowest BCUT2D eigenvalue weighted by molar-refractivity contribution is -0.117. The number of urea groups is 1. The summed E-state index contributed by atoms with van der Waals surface area (Å²) in [7, 11) is 0. The summed E-state index contributed by atoms with van der Waals surface area (Å²) in [6.07, 6.45) is 0.931. The van der Waals surface area contributed by atoms with E-state index in [9.17, 15) is 14.0 Å². The summed E-state index contributed by atoms with van der Waals surface area (Å²) < 4.78 is 14.0. The highest BCUT2D eigenvalue weighted by Gasteiger charge is 2.23. The van der Waals surface area contributed by atoms with Gasteiger partial charge in [-0.05, 0) is 41.3 Å². The number of halogens is 1. The molecular formula is C29H26FN3O2. The molecule has 0 heterocycles. The van der Waals surface area contributed by atoms with Crippen LogP contribution in [-0.2, 0) is 17.6 Å². The number of para-hydroxylation sites is 2. The maximum Gasteiger partial charge on any atom is 0.319 e. The molecule has 0 saturated carbocycles. The van der Waals surface area contributed by atoms with Gasteiger partial charge in [0.2, 0.25) is 5.91 Å². The van der Waals surface area contributed by atoms with Crippen LogP contribution in [0.5, 0.6) is 0 Å². The Morgan fingerprint density at radius 3 is 1.91 bits per heavy atom. The van der Waals surface area contributed by atoms with Crippen molar-refractivity contribution in [1.82, 2.24) is 5.32 Å². The lowest BCUT2D eigenvalue weighted by atomic mass is 10.0. The number of amides is 3. The van der Waals surface area contributed by atoms with Crippen molar-refractivity contribution in [2.24, 2.45) is 0 Å². The summed E-state index contributed by atoms with van der Waals surface area (Å²) in [4.78, 5) is 26.0. The third-order valence-corrected chi connectivity index (χ3v) is 5.54. The summed E-state index contributed by atoms with van der Waals surface area (Å²) in [5.74, 6) is -0.917. The first-order chi connectivity index (χ1) is 17.1. The van der Waals surface area contributed by atoms with Gasteiger partial charge in [0.25, 0.3) is 0 Å². The monoisotopic (exact) mass is 467 g/mol. The molecule has 0 aromatic heterocycles. The smallest absolute Gasteiger partial charge is 0.319 e. The van der Waals surface area contributed by atoms with Crippen molar-refractivity contribution in [2.45, 2.75) is 18.9 Å². The molecule has 0 saturated heterocycles. The normalized spacial score (nSPS) is 11.3. The number of benzene rings is 4. The van der Waals surface area contributed by atoms with E-state index in [-0.39, 0.29) is 18.0 Å². The number of hydrogen-bond donors (Lipinski definition) is 3. The van der Waals surface area contributed by atoms with Gasteiger partial charge in [-0.3, -0.25) is 4.79 Å². The van der Waals surface area contributed by atoms with Crippen molar-refractivity contribution in [1.29, 1.82) is 0 Å². The number of nitrogens with one attached hydrogen (secondary N) is 3. The summed E-state index contributed by atoms with van der Waals surface area (Å²) in [6, 6.07) is 31.3. The van der Waals surface area contributed by atoms with E-state index in [4.69, 9.17) is 0 Å². The van der Waals surface area contributed by atoms with Crippen LogP contribution in [0, 0.1) is 5.82 Å². The van der Waals surface area contributed by atoms with Crippen molar-refractivity contribution in [3.05, 3.63) is 132 Å². The largest absolute Gasteiger partial charge is 0.326 e. The molecule has 0 aliphatic rings. The van der Waals surface area contributed by atoms with E-state index < -0.39 is 17.9 Å². The maximum absolute atomic E-state index is 14.0. The molecular weight excluding hydrogens is 441 g/mol. The molecule has 0 spiro atoms. The molecule has 1 atom stereocenters. The van der Waals surface area contributed by atoms with Gasteiger partial charge in [0.05, 0.1) is 5.69 Å². The minimum Gasteiger partial charge on any atom is -0.326 e. The zero-order valence-electron chi connectivity index (χ0n) is 19.1. The van der Waals surface area contributed by atoms with Crippen LogP contribution in [0.3, 0.4) is 0 Å². The van der Waals surface area contributed by atoms with E-state index >= 15 is 0 Å². The van der Waals surface area contributed by atoms with E-state index in [0.717, 1.165) is 16.7 Å². The highest BCUT2D eigenvalue weighted by molar-refractivity contribution is 5.99. The second kappa shape index (κ2) is 11.6. The van der Waals surface area contributed by atoms with E-state index in [0.29, 0.717) is 12.1 Å². The highest BCUT2D eigenvalue weighted by Crippen LogP contribution is 2.20. The standard InChI is InChI=1S/C29H26FN3O2/c30-24-16-8-10-18-26(24)32-29(35)33-27(20-22-13-5-2-6-14-22)28(34)31-25-17-9-7-15-23(25)19-21-11-3-1-4-12-21/h1-18,27H,19-20H2,(H,31,34)(H2,32,33,35). The summed E-state index contributed by atoms with van der Waals surface area (Å²) in [5, 5.41) is 8.16. The summed E-state index contributed by atoms with van der Waals surface area (Å²) in [5.41, 5.74) is 3.68. The molecule has 4 rings (SSSR count). The SMILES string of the molecule is O=C(Nc1ccccc1F)NC(Cc1ccccc1)C(=O)Nc1ccccc1Cc1ccccc1. The van der Waals surface area contributed by atoms with Gasteiger partial charge in [-0.2, -0.15) is 0 Å². The van der Waals surface area contributed by atoms with Gasteiger partial charge in [0, 0.05) is 12.1 Å². The average Bonchev–Trinajstić information content (AvgIpc) is 2.87. The second-order valence-corrected chi connectivity index (χ2v) is 8.13. The minimum atomic E-state index is -0.881.